The van der Waals surface area contributed by atoms with Crippen molar-refractivity contribution in [3.63, 3.8) is 0 Å². The highest BCUT2D eigenvalue weighted by Gasteiger charge is 2.28. The molecule has 112 valence electrons. The first-order valence-corrected chi connectivity index (χ1v) is 7.05. The van der Waals surface area contributed by atoms with E-state index in [0.717, 1.165) is 11.3 Å². The normalized spacial score (nSPS) is 15.6. The predicted octanol–water partition coefficient (Wildman–Crippen LogP) is 1.99. The fourth-order valence-corrected chi connectivity index (χ4v) is 2.43. The van der Waals surface area contributed by atoms with Crippen LogP contribution in [0.4, 0.5) is 5.69 Å². The number of nitrogens with one attached hydrogen (secondary N) is 2. The van der Waals surface area contributed by atoms with E-state index >= 15 is 0 Å². The summed E-state index contributed by atoms with van der Waals surface area (Å²) in [6.07, 6.45) is 0.0120. The summed E-state index contributed by atoms with van der Waals surface area (Å²) in [4.78, 5) is 23.9. The van der Waals surface area contributed by atoms with Crippen LogP contribution in [0.25, 0.3) is 0 Å². The Morgan fingerprint density at radius 2 is 1.95 bits per heavy atom. The lowest BCUT2D eigenvalue weighted by Gasteiger charge is -2.12. The first-order chi connectivity index (χ1) is 10.7. The summed E-state index contributed by atoms with van der Waals surface area (Å²) in [6.45, 7) is 0. The lowest BCUT2D eigenvalue weighted by atomic mass is 10.1. The average Bonchev–Trinajstić information content (AvgIpc) is 2.98. The fraction of sp³-hybridized carbons (Fsp3) is 0.176. The number of amides is 2. The third kappa shape index (κ3) is 2.79. The summed E-state index contributed by atoms with van der Waals surface area (Å²) >= 11 is 0. The van der Waals surface area contributed by atoms with Crippen molar-refractivity contribution in [3.05, 3.63) is 59.7 Å². The molecule has 0 radical (unpaired) electrons. The smallest absolute Gasteiger partial charge is 0.265 e. The molecule has 0 spiro atoms. The molecule has 22 heavy (non-hydrogen) atoms. The van der Waals surface area contributed by atoms with Crippen LogP contribution >= 0.6 is 0 Å². The standard InChI is InChI=1S/C17H16N2O3/c1-18-16(20)12-6-4-7-13(9-12)19-17(21)15-10-11-5-2-3-8-14(11)22-15/h2-9,15H,10H2,1H3,(H,18,20)(H,19,21)/t15-/m1/s1. The maximum absolute atomic E-state index is 12.3. The molecule has 0 saturated heterocycles. The van der Waals surface area contributed by atoms with E-state index in [2.05, 4.69) is 10.6 Å². The molecule has 2 aromatic rings. The van der Waals surface area contributed by atoms with Gasteiger partial charge in [-0.25, -0.2) is 0 Å². The van der Waals surface area contributed by atoms with Gasteiger partial charge in [-0.1, -0.05) is 24.3 Å². The van der Waals surface area contributed by atoms with Crippen LogP contribution in [0, 0.1) is 0 Å². The van der Waals surface area contributed by atoms with E-state index in [9.17, 15) is 9.59 Å². The molecule has 3 rings (SSSR count). The summed E-state index contributed by atoms with van der Waals surface area (Å²) in [5, 5.41) is 5.35. The van der Waals surface area contributed by atoms with Gasteiger partial charge in [0.2, 0.25) is 0 Å². The van der Waals surface area contributed by atoms with Gasteiger partial charge in [0.25, 0.3) is 11.8 Å². The van der Waals surface area contributed by atoms with Gasteiger partial charge in [-0.15, -0.1) is 0 Å². The van der Waals surface area contributed by atoms with E-state index in [1.54, 1.807) is 31.3 Å². The SMILES string of the molecule is CNC(=O)c1cccc(NC(=O)[C@H]2Cc3ccccc3O2)c1. The van der Waals surface area contributed by atoms with E-state index < -0.39 is 6.10 Å². The van der Waals surface area contributed by atoms with Crippen LogP contribution in [0.5, 0.6) is 5.75 Å². The second-order valence-corrected chi connectivity index (χ2v) is 5.07. The maximum atomic E-state index is 12.3. The molecule has 2 amide bonds. The number of carbonyl (C=O) groups excluding carboxylic acids is 2. The Hall–Kier alpha value is -2.82. The Kier molecular flexibility index (Phi) is 3.78. The number of para-hydroxylation sites is 1. The number of carbonyl (C=O) groups is 2. The van der Waals surface area contributed by atoms with Gasteiger partial charge in [-0.2, -0.15) is 0 Å². The Bertz CT molecular complexity index is 702. The minimum Gasteiger partial charge on any atom is -0.480 e. The van der Waals surface area contributed by atoms with Crippen molar-refractivity contribution in [2.45, 2.75) is 12.5 Å². The second kappa shape index (κ2) is 5.89. The molecule has 1 heterocycles. The average molecular weight is 296 g/mol. The zero-order valence-electron chi connectivity index (χ0n) is 12.1. The van der Waals surface area contributed by atoms with Crippen LogP contribution in [-0.4, -0.2) is 25.0 Å². The van der Waals surface area contributed by atoms with Crippen molar-refractivity contribution >= 4 is 17.5 Å². The first kappa shape index (κ1) is 14.1. The molecular weight excluding hydrogens is 280 g/mol. The molecule has 1 atom stereocenters. The van der Waals surface area contributed by atoms with Gasteiger partial charge in [-0.05, 0) is 29.8 Å². The topological polar surface area (TPSA) is 67.4 Å². The van der Waals surface area contributed by atoms with Crippen LogP contribution in [0.15, 0.2) is 48.5 Å². The van der Waals surface area contributed by atoms with E-state index in [-0.39, 0.29) is 11.8 Å². The van der Waals surface area contributed by atoms with Crippen molar-refractivity contribution in [1.29, 1.82) is 0 Å². The summed E-state index contributed by atoms with van der Waals surface area (Å²) < 4.78 is 5.65. The second-order valence-electron chi connectivity index (χ2n) is 5.07. The van der Waals surface area contributed by atoms with Crippen molar-refractivity contribution in [2.24, 2.45) is 0 Å². The number of ether oxygens (including phenoxy) is 1. The van der Waals surface area contributed by atoms with Crippen LogP contribution in [0.1, 0.15) is 15.9 Å². The monoisotopic (exact) mass is 296 g/mol. The third-order valence-electron chi connectivity index (χ3n) is 3.56. The largest absolute Gasteiger partial charge is 0.480 e. The highest BCUT2D eigenvalue weighted by atomic mass is 16.5. The molecule has 0 aliphatic carbocycles. The van der Waals surface area contributed by atoms with Crippen LogP contribution in [0.3, 0.4) is 0 Å². The highest BCUT2D eigenvalue weighted by molar-refractivity contribution is 5.98. The van der Waals surface area contributed by atoms with Crippen LogP contribution in [0.2, 0.25) is 0 Å². The molecule has 0 bridgehead atoms. The summed E-state index contributed by atoms with van der Waals surface area (Å²) in [7, 11) is 1.57. The maximum Gasteiger partial charge on any atom is 0.265 e. The minimum atomic E-state index is -0.541. The van der Waals surface area contributed by atoms with Crippen molar-refractivity contribution < 1.29 is 14.3 Å². The molecule has 5 nitrogen and oxygen atoms in total. The van der Waals surface area contributed by atoms with Crippen molar-refractivity contribution in [3.8, 4) is 5.75 Å². The fourth-order valence-electron chi connectivity index (χ4n) is 2.43. The Morgan fingerprint density at radius 1 is 1.14 bits per heavy atom. The summed E-state index contributed by atoms with van der Waals surface area (Å²) in [5.74, 6) is 0.340. The minimum absolute atomic E-state index is 0.194. The zero-order chi connectivity index (χ0) is 15.5. The number of hydrogen-bond acceptors (Lipinski definition) is 3. The number of benzene rings is 2. The lowest BCUT2D eigenvalue weighted by Crippen LogP contribution is -2.31. The third-order valence-corrected chi connectivity index (χ3v) is 3.56. The quantitative estimate of drug-likeness (QED) is 0.910. The molecule has 0 fully saturated rings. The van der Waals surface area contributed by atoms with Gasteiger partial charge < -0.3 is 15.4 Å². The van der Waals surface area contributed by atoms with Crippen molar-refractivity contribution in [1.82, 2.24) is 5.32 Å². The van der Waals surface area contributed by atoms with Gasteiger partial charge in [0.15, 0.2) is 6.10 Å². The molecule has 1 aliphatic rings. The molecule has 5 heteroatoms. The van der Waals surface area contributed by atoms with Gasteiger partial charge in [-0.3, -0.25) is 9.59 Å². The summed E-state index contributed by atoms with van der Waals surface area (Å²) in [6, 6.07) is 14.4. The molecule has 0 aromatic heterocycles. The van der Waals surface area contributed by atoms with Crippen molar-refractivity contribution in [2.75, 3.05) is 12.4 Å². The van der Waals surface area contributed by atoms with Gasteiger partial charge >= 0.3 is 0 Å². The number of anilines is 1. The van der Waals surface area contributed by atoms with Crippen LogP contribution < -0.4 is 15.4 Å². The van der Waals surface area contributed by atoms with E-state index in [1.807, 2.05) is 24.3 Å². The van der Waals surface area contributed by atoms with Gasteiger partial charge in [0.05, 0.1) is 0 Å². The number of rotatable bonds is 3. The first-order valence-electron chi connectivity index (χ1n) is 7.05. The Balaban J connectivity index is 1.69. The Morgan fingerprint density at radius 3 is 2.73 bits per heavy atom. The summed E-state index contributed by atoms with van der Waals surface area (Å²) in [5.41, 5.74) is 2.10. The predicted molar refractivity (Wildman–Crippen MR) is 83.0 cm³/mol. The van der Waals surface area contributed by atoms with Crippen LogP contribution in [-0.2, 0) is 11.2 Å². The molecule has 1 aliphatic heterocycles. The van der Waals surface area contributed by atoms with E-state index in [1.165, 1.54) is 0 Å². The molecule has 0 saturated carbocycles. The van der Waals surface area contributed by atoms with Gasteiger partial charge in [0.1, 0.15) is 5.75 Å². The van der Waals surface area contributed by atoms with Gasteiger partial charge in [0, 0.05) is 24.7 Å². The molecular formula is C17H16N2O3. The lowest BCUT2D eigenvalue weighted by molar-refractivity contribution is -0.122. The molecule has 2 N–H and O–H groups in total. The Labute approximate surface area is 128 Å². The highest BCUT2D eigenvalue weighted by Crippen LogP contribution is 2.28. The molecule has 0 unspecified atom stereocenters. The zero-order valence-corrected chi connectivity index (χ0v) is 12.1. The van der Waals surface area contributed by atoms with E-state index in [4.69, 9.17) is 4.74 Å². The van der Waals surface area contributed by atoms with E-state index in [0.29, 0.717) is 17.7 Å². The molecule has 2 aromatic carbocycles. The number of fused-ring (bicyclic) bond motifs is 1. The number of hydrogen-bond donors (Lipinski definition) is 2.